The van der Waals surface area contributed by atoms with Crippen LogP contribution >= 0.6 is 11.6 Å². The van der Waals surface area contributed by atoms with E-state index in [0.29, 0.717) is 19.0 Å². The summed E-state index contributed by atoms with van der Waals surface area (Å²) in [7, 11) is 1.86. The molecule has 0 aromatic carbocycles. The molecule has 8 heteroatoms. The van der Waals surface area contributed by atoms with Crippen LogP contribution in [0.3, 0.4) is 0 Å². The number of halogens is 1. The van der Waals surface area contributed by atoms with Gasteiger partial charge in [0.05, 0.1) is 18.2 Å². The van der Waals surface area contributed by atoms with E-state index in [1.54, 1.807) is 4.68 Å². The summed E-state index contributed by atoms with van der Waals surface area (Å²) in [4.78, 5) is 15.1. The number of imidazole rings is 1. The molecule has 0 bridgehead atoms. The summed E-state index contributed by atoms with van der Waals surface area (Å²) in [5.41, 5.74) is 7.61. The predicted octanol–water partition coefficient (Wildman–Crippen LogP) is 0.319. The lowest BCUT2D eigenvalue weighted by Crippen LogP contribution is -2.20. The van der Waals surface area contributed by atoms with Crippen molar-refractivity contribution in [3.8, 4) is 0 Å². The minimum absolute atomic E-state index is 0.0849. The molecule has 1 amide bonds. The molecule has 0 aliphatic carbocycles. The molecule has 2 N–H and O–H groups in total. The van der Waals surface area contributed by atoms with E-state index in [1.165, 1.54) is 0 Å². The zero-order valence-electron chi connectivity index (χ0n) is 10.9. The second kappa shape index (κ2) is 5.58. The molecule has 0 atom stereocenters. The van der Waals surface area contributed by atoms with Gasteiger partial charge >= 0.3 is 0 Å². The van der Waals surface area contributed by atoms with E-state index in [-0.39, 0.29) is 6.61 Å². The molecular weight excluding hydrogens is 270 g/mol. The summed E-state index contributed by atoms with van der Waals surface area (Å²) in [6.45, 7) is 2.73. The standard InChI is InChI=1S/C11H16ClN5O2/c1-7-10-11(16(2)15-7)17(9(5-12)14-10)3-4-19-6-8(13)18/h3-6H2,1-2H3,(H2,13,18). The van der Waals surface area contributed by atoms with E-state index in [9.17, 15) is 4.79 Å². The Morgan fingerprint density at radius 3 is 2.89 bits per heavy atom. The van der Waals surface area contributed by atoms with Gasteiger partial charge in [-0.25, -0.2) is 4.98 Å². The van der Waals surface area contributed by atoms with E-state index < -0.39 is 5.91 Å². The molecule has 2 heterocycles. The molecule has 2 aromatic rings. The van der Waals surface area contributed by atoms with E-state index in [1.807, 2.05) is 18.5 Å². The molecule has 0 aliphatic rings. The number of rotatable bonds is 6. The summed E-state index contributed by atoms with van der Waals surface area (Å²) >= 11 is 5.90. The average molecular weight is 286 g/mol. The Kier molecular flexibility index (Phi) is 4.06. The molecule has 0 unspecified atom stereocenters. The molecule has 19 heavy (non-hydrogen) atoms. The molecular formula is C11H16ClN5O2. The molecule has 2 aromatic heterocycles. The van der Waals surface area contributed by atoms with Crippen molar-refractivity contribution in [1.82, 2.24) is 19.3 Å². The summed E-state index contributed by atoms with van der Waals surface area (Å²) < 4.78 is 8.88. The normalized spacial score (nSPS) is 11.3. The largest absolute Gasteiger partial charge is 0.370 e. The van der Waals surface area contributed by atoms with Gasteiger partial charge < -0.3 is 15.0 Å². The van der Waals surface area contributed by atoms with Crippen LogP contribution in [0.4, 0.5) is 0 Å². The van der Waals surface area contributed by atoms with E-state index in [0.717, 1.165) is 22.7 Å². The number of hydrogen-bond acceptors (Lipinski definition) is 4. The van der Waals surface area contributed by atoms with Crippen LogP contribution in [0.1, 0.15) is 11.5 Å². The van der Waals surface area contributed by atoms with Gasteiger partial charge in [-0.05, 0) is 6.92 Å². The maximum absolute atomic E-state index is 10.6. The molecule has 0 saturated heterocycles. The zero-order chi connectivity index (χ0) is 14.0. The first kappa shape index (κ1) is 13.8. The number of nitrogens with zero attached hydrogens (tertiary/aromatic N) is 4. The third-order valence-corrected chi connectivity index (χ3v) is 3.03. The molecule has 0 fully saturated rings. The maximum atomic E-state index is 10.6. The molecule has 0 aliphatic heterocycles. The van der Waals surface area contributed by atoms with Gasteiger partial charge in [0.25, 0.3) is 0 Å². The first-order chi connectivity index (χ1) is 9.04. The van der Waals surface area contributed by atoms with Crippen LogP contribution in [-0.4, -0.2) is 38.5 Å². The molecule has 7 nitrogen and oxygen atoms in total. The number of carbonyl (C=O) groups is 1. The number of aromatic nitrogens is 4. The highest BCUT2D eigenvalue weighted by Crippen LogP contribution is 2.19. The Balaban J connectivity index is 2.22. The number of hydrogen-bond donors (Lipinski definition) is 1. The van der Waals surface area contributed by atoms with Gasteiger partial charge in [-0.2, -0.15) is 5.10 Å². The number of amides is 1. The number of aryl methyl sites for hydroxylation is 2. The van der Waals surface area contributed by atoms with E-state index in [4.69, 9.17) is 22.1 Å². The lowest BCUT2D eigenvalue weighted by atomic mass is 10.4. The maximum Gasteiger partial charge on any atom is 0.243 e. The molecule has 0 radical (unpaired) electrons. The molecule has 2 rings (SSSR count). The topological polar surface area (TPSA) is 88.0 Å². The third kappa shape index (κ3) is 2.71. The Morgan fingerprint density at radius 1 is 1.53 bits per heavy atom. The van der Waals surface area contributed by atoms with Gasteiger partial charge in [0.2, 0.25) is 5.91 Å². The van der Waals surface area contributed by atoms with Crippen LogP contribution in [0.25, 0.3) is 11.2 Å². The third-order valence-electron chi connectivity index (χ3n) is 2.79. The number of primary amides is 1. The van der Waals surface area contributed by atoms with Crippen molar-refractivity contribution in [1.29, 1.82) is 0 Å². The fraction of sp³-hybridized carbons (Fsp3) is 0.545. The SMILES string of the molecule is Cc1nn(C)c2c1nc(CCl)n2CCOCC(N)=O. The number of carbonyl (C=O) groups excluding carboxylic acids is 1. The quantitative estimate of drug-likeness (QED) is 0.611. The second-order valence-electron chi connectivity index (χ2n) is 4.21. The summed E-state index contributed by atoms with van der Waals surface area (Å²) in [6, 6.07) is 0. The first-order valence-corrected chi connectivity index (χ1v) is 6.38. The number of alkyl halides is 1. The Hall–Kier alpha value is -1.60. The van der Waals surface area contributed by atoms with Gasteiger partial charge in [0, 0.05) is 13.6 Å². The van der Waals surface area contributed by atoms with Gasteiger partial charge in [0.1, 0.15) is 17.9 Å². The minimum atomic E-state index is -0.482. The molecule has 0 saturated carbocycles. The van der Waals surface area contributed by atoms with Crippen molar-refractivity contribution in [2.24, 2.45) is 12.8 Å². The Labute approximate surface area is 115 Å². The van der Waals surface area contributed by atoms with Gasteiger partial charge in [-0.1, -0.05) is 0 Å². The minimum Gasteiger partial charge on any atom is -0.370 e. The van der Waals surface area contributed by atoms with Crippen LogP contribution in [-0.2, 0) is 29.0 Å². The number of fused-ring (bicyclic) bond motifs is 1. The monoisotopic (exact) mass is 285 g/mol. The number of ether oxygens (including phenoxy) is 1. The van der Waals surface area contributed by atoms with Crippen LogP contribution in [0.2, 0.25) is 0 Å². The van der Waals surface area contributed by atoms with Crippen molar-refractivity contribution in [3.63, 3.8) is 0 Å². The highest BCUT2D eigenvalue weighted by Gasteiger charge is 2.16. The lowest BCUT2D eigenvalue weighted by Gasteiger charge is -2.08. The van der Waals surface area contributed by atoms with Gasteiger partial charge in [-0.3, -0.25) is 9.48 Å². The lowest BCUT2D eigenvalue weighted by molar-refractivity contribution is -0.122. The van der Waals surface area contributed by atoms with Crippen molar-refractivity contribution in [3.05, 3.63) is 11.5 Å². The van der Waals surface area contributed by atoms with Crippen molar-refractivity contribution in [2.75, 3.05) is 13.2 Å². The Morgan fingerprint density at radius 2 is 2.26 bits per heavy atom. The average Bonchev–Trinajstić information content (AvgIpc) is 2.84. The molecule has 0 spiro atoms. The van der Waals surface area contributed by atoms with Crippen LogP contribution in [0.15, 0.2) is 0 Å². The predicted molar refractivity (Wildman–Crippen MR) is 70.8 cm³/mol. The van der Waals surface area contributed by atoms with Gasteiger partial charge in [0.15, 0.2) is 5.65 Å². The van der Waals surface area contributed by atoms with Crippen molar-refractivity contribution < 1.29 is 9.53 Å². The fourth-order valence-corrected chi connectivity index (χ4v) is 2.25. The van der Waals surface area contributed by atoms with Crippen molar-refractivity contribution in [2.45, 2.75) is 19.3 Å². The smallest absolute Gasteiger partial charge is 0.243 e. The first-order valence-electron chi connectivity index (χ1n) is 5.85. The summed E-state index contributed by atoms with van der Waals surface area (Å²) in [6.07, 6.45) is 0. The summed E-state index contributed by atoms with van der Waals surface area (Å²) in [5.74, 6) is 0.587. The van der Waals surface area contributed by atoms with Crippen LogP contribution in [0.5, 0.6) is 0 Å². The second-order valence-corrected chi connectivity index (χ2v) is 4.48. The molecule has 104 valence electrons. The highest BCUT2D eigenvalue weighted by atomic mass is 35.5. The van der Waals surface area contributed by atoms with E-state index in [2.05, 4.69) is 10.1 Å². The highest BCUT2D eigenvalue weighted by molar-refractivity contribution is 6.16. The zero-order valence-corrected chi connectivity index (χ0v) is 11.6. The van der Waals surface area contributed by atoms with Crippen molar-refractivity contribution >= 4 is 28.7 Å². The van der Waals surface area contributed by atoms with Gasteiger partial charge in [-0.15, -0.1) is 11.6 Å². The Bertz CT molecular complexity index is 604. The fourth-order valence-electron chi connectivity index (χ4n) is 2.05. The van der Waals surface area contributed by atoms with Crippen LogP contribution in [0, 0.1) is 6.92 Å². The summed E-state index contributed by atoms with van der Waals surface area (Å²) in [5, 5.41) is 4.32. The van der Waals surface area contributed by atoms with Crippen LogP contribution < -0.4 is 5.73 Å². The number of nitrogens with two attached hydrogens (primary N) is 1. The van der Waals surface area contributed by atoms with E-state index >= 15 is 0 Å².